The number of aromatic nitrogens is 1. The number of ketones is 1. The van der Waals surface area contributed by atoms with Crippen molar-refractivity contribution < 1.29 is 9.59 Å². The van der Waals surface area contributed by atoms with Crippen molar-refractivity contribution in [3.05, 3.63) is 30.1 Å². The van der Waals surface area contributed by atoms with Crippen molar-refractivity contribution in [3.63, 3.8) is 0 Å². The van der Waals surface area contributed by atoms with E-state index in [1.54, 1.807) is 30.3 Å². The Morgan fingerprint density at radius 2 is 2.38 bits per heavy atom. The predicted octanol–water partition coefficient (Wildman–Crippen LogP) is 1.13. The summed E-state index contributed by atoms with van der Waals surface area (Å²) in [6.07, 6.45) is 4.67. The highest BCUT2D eigenvalue weighted by atomic mass is 16.2. The van der Waals surface area contributed by atoms with Crippen molar-refractivity contribution in [3.8, 4) is 0 Å². The van der Waals surface area contributed by atoms with Gasteiger partial charge < -0.3 is 4.90 Å². The fourth-order valence-electron chi connectivity index (χ4n) is 1.99. The molecule has 0 spiro atoms. The zero-order chi connectivity index (χ0) is 11.5. The molecule has 1 amide bonds. The average Bonchev–Trinajstić information content (AvgIpc) is 2.33. The van der Waals surface area contributed by atoms with Crippen LogP contribution in [0.2, 0.25) is 0 Å². The Bertz CT molecular complexity index is 403. The summed E-state index contributed by atoms with van der Waals surface area (Å²) in [5.74, 6) is -0.687. The lowest BCUT2D eigenvalue weighted by molar-refractivity contribution is -0.134. The van der Waals surface area contributed by atoms with Crippen molar-refractivity contribution in [2.45, 2.75) is 12.8 Å². The monoisotopic (exact) mass is 218 g/mol. The van der Waals surface area contributed by atoms with Gasteiger partial charge in [0.2, 0.25) is 5.91 Å². The summed E-state index contributed by atoms with van der Waals surface area (Å²) in [6.45, 7) is 0.746. The largest absolute Gasteiger partial charge is 0.345 e. The summed E-state index contributed by atoms with van der Waals surface area (Å²) in [4.78, 5) is 29.4. The molecule has 1 aliphatic rings. The van der Waals surface area contributed by atoms with E-state index in [0.29, 0.717) is 12.0 Å². The number of hydrogen-bond acceptors (Lipinski definition) is 3. The minimum atomic E-state index is -0.511. The second kappa shape index (κ2) is 4.43. The van der Waals surface area contributed by atoms with Gasteiger partial charge >= 0.3 is 0 Å². The lowest BCUT2D eigenvalue weighted by Crippen LogP contribution is -2.41. The highest BCUT2D eigenvalue weighted by Crippen LogP contribution is 2.20. The number of Topliss-reactive ketones (excluding diaryl/α,β-unsaturated/α-hetero) is 1. The average molecular weight is 218 g/mol. The quantitative estimate of drug-likeness (QED) is 0.552. The Morgan fingerprint density at radius 3 is 3.06 bits per heavy atom. The van der Waals surface area contributed by atoms with Crippen LogP contribution < -0.4 is 0 Å². The lowest BCUT2D eigenvalue weighted by atomic mass is 9.90. The minimum absolute atomic E-state index is 0.0693. The zero-order valence-corrected chi connectivity index (χ0v) is 9.22. The standard InChI is InChI=1S/C12H14N2O2/c1-14-7-3-5-10(12(14)16)11(15)9-4-2-6-13-8-9/h2,4,6,8,10H,3,5,7H2,1H3/t10-/m1/s1. The number of nitrogens with zero attached hydrogens (tertiary/aromatic N) is 2. The smallest absolute Gasteiger partial charge is 0.233 e. The lowest BCUT2D eigenvalue weighted by Gasteiger charge is -2.28. The van der Waals surface area contributed by atoms with E-state index in [0.717, 1.165) is 13.0 Å². The van der Waals surface area contributed by atoms with Crippen LogP contribution in [0.4, 0.5) is 0 Å². The molecular formula is C12H14N2O2. The first-order valence-electron chi connectivity index (χ1n) is 5.39. The molecule has 0 saturated carbocycles. The molecule has 0 bridgehead atoms. The Hall–Kier alpha value is -1.71. The molecule has 1 aromatic rings. The van der Waals surface area contributed by atoms with Crippen LogP contribution in [0, 0.1) is 5.92 Å². The highest BCUT2D eigenvalue weighted by molar-refractivity contribution is 6.10. The number of carbonyl (C=O) groups excluding carboxylic acids is 2. The van der Waals surface area contributed by atoms with Gasteiger partial charge in [-0.2, -0.15) is 0 Å². The summed E-state index contributed by atoms with van der Waals surface area (Å²) in [7, 11) is 1.74. The van der Waals surface area contributed by atoms with Crippen molar-refractivity contribution in [1.29, 1.82) is 0 Å². The summed E-state index contributed by atoms with van der Waals surface area (Å²) < 4.78 is 0. The van der Waals surface area contributed by atoms with Crippen molar-refractivity contribution in [2.24, 2.45) is 5.92 Å². The van der Waals surface area contributed by atoms with Gasteiger partial charge in [-0.05, 0) is 25.0 Å². The van der Waals surface area contributed by atoms with Gasteiger partial charge in [-0.3, -0.25) is 14.6 Å². The summed E-state index contributed by atoms with van der Waals surface area (Å²) >= 11 is 0. The summed E-state index contributed by atoms with van der Waals surface area (Å²) in [5.41, 5.74) is 0.524. The number of pyridine rings is 1. The molecule has 4 heteroatoms. The molecule has 0 radical (unpaired) electrons. The van der Waals surface area contributed by atoms with Crippen molar-refractivity contribution >= 4 is 11.7 Å². The molecule has 1 aliphatic heterocycles. The molecule has 4 nitrogen and oxygen atoms in total. The molecule has 0 aromatic carbocycles. The fourth-order valence-corrected chi connectivity index (χ4v) is 1.99. The maximum atomic E-state index is 12.1. The van der Waals surface area contributed by atoms with Crippen LogP contribution in [0.25, 0.3) is 0 Å². The van der Waals surface area contributed by atoms with E-state index in [-0.39, 0.29) is 11.7 Å². The molecule has 0 N–H and O–H groups in total. The van der Waals surface area contributed by atoms with Gasteiger partial charge in [0.25, 0.3) is 0 Å². The molecule has 1 saturated heterocycles. The topological polar surface area (TPSA) is 50.3 Å². The first-order chi connectivity index (χ1) is 7.70. The first-order valence-corrected chi connectivity index (χ1v) is 5.39. The van der Waals surface area contributed by atoms with Gasteiger partial charge in [0.1, 0.15) is 5.92 Å². The third kappa shape index (κ3) is 1.96. The molecule has 1 fully saturated rings. The molecule has 0 aliphatic carbocycles. The van der Waals surface area contributed by atoms with Gasteiger partial charge in [-0.15, -0.1) is 0 Å². The molecule has 1 aromatic heterocycles. The van der Waals surface area contributed by atoms with Crippen LogP contribution >= 0.6 is 0 Å². The normalized spacial score (nSPS) is 20.9. The maximum absolute atomic E-state index is 12.1. The molecule has 1 atom stereocenters. The Balaban J connectivity index is 2.19. The summed E-state index contributed by atoms with van der Waals surface area (Å²) in [5, 5.41) is 0. The Morgan fingerprint density at radius 1 is 1.56 bits per heavy atom. The van der Waals surface area contributed by atoms with Gasteiger partial charge in [0.05, 0.1) is 0 Å². The van der Waals surface area contributed by atoms with E-state index in [1.165, 1.54) is 6.20 Å². The zero-order valence-electron chi connectivity index (χ0n) is 9.22. The molecule has 84 valence electrons. The number of carbonyl (C=O) groups is 2. The fraction of sp³-hybridized carbons (Fsp3) is 0.417. The Kier molecular flexibility index (Phi) is 2.99. The van der Waals surface area contributed by atoms with Crippen LogP contribution in [-0.4, -0.2) is 35.2 Å². The second-order valence-corrected chi connectivity index (χ2v) is 4.06. The van der Waals surface area contributed by atoms with Crippen LogP contribution in [-0.2, 0) is 4.79 Å². The maximum Gasteiger partial charge on any atom is 0.233 e. The SMILES string of the molecule is CN1CCC[C@H](C(=O)c2cccnc2)C1=O. The van der Waals surface area contributed by atoms with Gasteiger partial charge in [-0.25, -0.2) is 0 Å². The van der Waals surface area contributed by atoms with Crippen LogP contribution in [0.3, 0.4) is 0 Å². The van der Waals surface area contributed by atoms with Gasteiger partial charge in [-0.1, -0.05) is 0 Å². The van der Waals surface area contributed by atoms with E-state index in [9.17, 15) is 9.59 Å². The van der Waals surface area contributed by atoms with E-state index in [2.05, 4.69) is 4.98 Å². The first kappa shape index (κ1) is 10.8. The van der Waals surface area contributed by atoms with E-state index in [4.69, 9.17) is 0 Å². The minimum Gasteiger partial charge on any atom is -0.345 e. The number of piperidine rings is 1. The molecule has 2 heterocycles. The number of hydrogen-bond donors (Lipinski definition) is 0. The van der Waals surface area contributed by atoms with Crippen LogP contribution in [0.1, 0.15) is 23.2 Å². The third-order valence-electron chi connectivity index (χ3n) is 2.92. The Labute approximate surface area is 94.3 Å². The van der Waals surface area contributed by atoms with E-state index in [1.807, 2.05) is 0 Å². The number of rotatable bonds is 2. The molecular weight excluding hydrogens is 204 g/mol. The van der Waals surface area contributed by atoms with Crippen LogP contribution in [0.5, 0.6) is 0 Å². The van der Waals surface area contributed by atoms with Crippen molar-refractivity contribution in [1.82, 2.24) is 9.88 Å². The predicted molar refractivity (Wildman–Crippen MR) is 58.9 cm³/mol. The second-order valence-electron chi connectivity index (χ2n) is 4.06. The molecule has 0 unspecified atom stereocenters. The molecule has 16 heavy (non-hydrogen) atoms. The van der Waals surface area contributed by atoms with Gasteiger partial charge in [0, 0.05) is 31.5 Å². The van der Waals surface area contributed by atoms with Crippen LogP contribution in [0.15, 0.2) is 24.5 Å². The van der Waals surface area contributed by atoms with E-state index < -0.39 is 5.92 Å². The third-order valence-corrected chi connectivity index (χ3v) is 2.92. The highest BCUT2D eigenvalue weighted by Gasteiger charge is 2.32. The molecule has 2 rings (SSSR count). The van der Waals surface area contributed by atoms with Crippen molar-refractivity contribution in [2.75, 3.05) is 13.6 Å². The number of amides is 1. The summed E-state index contributed by atoms with van der Waals surface area (Å²) in [6, 6.07) is 3.42. The van der Waals surface area contributed by atoms with E-state index >= 15 is 0 Å². The van der Waals surface area contributed by atoms with Gasteiger partial charge in [0.15, 0.2) is 5.78 Å². The number of likely N-dealkylation sites (tertiary alicyclic amines) is 1.